The minimum Gasteiger partial charge on any atom is -0.305 e. The van der Waals surface area contributed by atoms with Crippen LogP contribution < -0.4 is 5.32 Å². The molecular formula is C16H15BrN2S. The third-order valence-electron chi connectivity index (χ3n) is 3.23. The lowest BCUT2D eigenvalue weighted by Gasteiger charge is -2.17. The Labute approximate surface area is 131 Å². The van der Waals surface area contributed by atoms with Crippen LogP contribution in [0.25, 0.3) is 10.9 Å². The maximum atomic E-state index is 4.81. The van der Waals surface area contributed by atoms with Crippen LogP contribution in [-0.2, 0) is 0 Å². The Morgan fingerprint density at radius 2 is 2.05 bits per heavy atom. The minimum atomic E-state index is 0.138. The molecule has 0 bridgehead atoms. The van der Waals surface area contributed by atoms with Crippen LogP contribution in [0.4, 0.5) is 0 Å². The number of fused-ring (bicyclic) bond motifs is 1. The highest BCUT2D eigenvalue weighted by atomic mass is 79.9. The Balaban J connectivity index is 2.07. The first-order valence-corrected chi connectivity index (χ1v) is 8.29. The molecule has 0 spiro atoms. The van der Waals surface area contributed by atoms with Gasteiger partial charge < -0.3 is 5.32 Å². The molecule has 4 heteroatoms. The Bertz CT molecular complexity index is 723. The van der Waals surface area contributed by atoms with E-state index in [1.807, 2.05) is 12.1 Å². The molecule has 1 N–H and O–H groups in total. The molecule has 0 saturated heterocycles. The van der Waals surface area contributed by atoms with Crippen molar-refractivity contribution in [2.24, 2.45) is 0 Å². The van der Waals surface area contributed by atoms with E-state index in [1.54, 1.807) is 11.3 Å². The summed E-state index contributed by atoms with van der Waals surface area (Å²) in [4.78, 5) is 6.09. The zero-order valence-corrected chi connectivity index (χ0v) is 13.5. The molecular weight excluding hydrogens is 332 g/mol. The second-order valence-corrected chi connectivity index (χ2v) is 6.35. The quantitative estimate of drug-likeness (QED) is 0.736. The summed E-state index contributed by atoms with van der Waals surface area (Å²) in [5.74, 6) is 0. The van der Waals surface area contributed by atoms with E-state index in [-0.39, 0.29) is 6.04 Å². The summed E-state index contributed by atoms with van der Waals surface area (Å²) in [6.45, 7) is 3.03. The number of benzene rings is 1. The van der Waals surface area contributed by atoms with E-state index in [9.17, 15) is 0 Å². The van der Waals surface area contributed by atoms with Crippen molar-refractivity contribution >= 4 is 38.2 Å². The van der Waals surface area contributed by atoms with Crippen LogP contribution in [-0.4, -0.2) is 11.5 Å². The number of para-hydroxylation sites is 1. The van der Waals surface area contributed by atoms with Gasteiger partial charge in [0.05, 0.1) is 17.3 Å². The van der Waals surface area contributed by atoms with Gasteiger partial charge in [0.1, 0.15) is 0 Å². The van der Waals surface area contributed by atoms with Gasteiger partial charge in [-0.2, -0.15) is 0 Å². The number of halogens is 1. The maximum Gasteiger partial charge on any atom is 0.0856 e. The van der Waals surface area contributed by atoms with Crippen LogP contribution in [0.15, 0.2) is 52.3 Å². The molecule has 0 fully saturated rings. The van der Waals surface area contributed by atoms with Crippen molar-refractivity contribution in [2.45, 2.75) is 13.0 Å². The van der Waals surface area contributed by atoms with Crippen LogP contribution in [0.1, 0.15) is 23.5 Å². The van der Waals surface area contributed by atoms with E-state index >= 15 is 0 Å². The highest BCUT2D eigenvalue weighted by Crippen LogP contribution is 2.33. The molecule has 2 aromatic heterocycles. The van der Waals surface area contributed by atoms with Crippen LogP contribution in [0.2, 0.25) is 0 Å². The van der Waals surface area contributed by atoms with E-state index in [1.165, 1.54) is 10.3 Å². The highest BCUT2D eigenvalue weighted by Gasteiger charge is 2.18. The van der Waals surface area contributed by atoms with Gasteiger partial charge in [0.15, 0.2) is 0 Å². The molecule has 1 aromatic carbocycles. The van der Waals surface area contributed by atoms with Gasteiger partial charge in [-0.15, -0.1) is 11.3 Å². The van der Waals surface area contributed by atoms with Crippen molar-refractivity contribution < 1.29 is 0 Å². The van der Waals surface area contributed by atoms with Crippen molar-refractivity contribution in [3.8, 4) is 0 Å². The Morgan fingerprint density at radius 3 is 2.80 bits per heavy atom. The Hall–Kier alpha value is -1.23. The summed E-state index contributed by atoms with van der Waals surface area (Å²) >= 11 is 5.38. The van der Waals surface area contributed by atoms with Crippen LogP contribution in [0.3, 0.4) is 0 Å². The number of nitrogens with one attached hydrogen (secondary N) is 1. The first-order chi connectivity index (χ1) is 9.79. The fourth-order valence-corrected chi connectivity index (χ4v) is 3.98. The van der Waals surface area contributed by atoms with Crippen molar-refractivity contribution in [3.05, 3.63) is 62.9 Å². The number of thiophene rings is 1. The van der Waals surface area contributed by atoms with E-state index in [4.69, 9.17) is 4.98 Å². The van der Waals surface area contributed by atoms with Crippen molar-refractivity contribution in [1.82, 2.24) is 10.3 Å². The third-order valence-corrected chi connectivity index (χ3v) is 5.17. The summed E-state index contributed by atoms with van der Waals surface area (Å²) in [5.41, 5.74) is 2.11. The normalized spacial score (nSPS) is 12.7. The standard InChI is InChI=1S/C16H15BrN2S/c1-2-18-15(16-12(17)9-10-20-16)14-8-7-11-5-3-4-6-13(11)19-14/h3-10,15,18H,2H2,1H3. The van der Waals surface area contributed by atoms with E-state index in [2.05, 4.69) is 63.9 Å². The van der Waals surface area contributed by atoms with Crippen molar-refractivity contribution in [1.29, 1.82) is 0 Å². The number of rotatable bonds is 4. The molecule has 20 heavy (non-hydrogen) atoms. The topological polar surface area (TPSA) is 24.9 Å². The molecule has 3 aromatic rings. The van der Waals surface area contributed by atoms with E-state index in [0.717, 1.165) is 22.2 Å². The number of hydrogen-bond acceptors (Lipinski definition) is 3. The number of aromatic nitrogens is 1. The number of hydrogen-bond donors (Lipinski definition) is 1. The largest absolute Gasteiger partial charge is 0.305 e. The van der Waals surface area contributed by atoms with E-state index in [0.29, 0.717) is 0 Å². The minimum absolute atomic E-state index is 0.138. The Kier molecular flexibility index (Phi) is 4.15. The molecule has 2 heterocycles. The smallest absolute Gasteiger partial charge is 0.0856 e. The SMILES string of the molecule is CCNC(c1ccc2ccccc2n1)c1sccc1Br. The molecule has 0 saturated carbocycles. The summed E-state index contributed by atoms with van der Waals surface area (Å²) < 4.78 is 1.14. The molecule has 1 unspecified atom stereocenters. The molecule has 0 radical (unpaired) electrons. The lowest BCUT2D eigenvalue weighted by atomic mass is 10.1. The molecule has 102 valence electrons. The van der Waals surface area contributed by atoms with Crippen LogP contribution >= 0.6 is 27.3 Å². The lowest BCUT2D eigenvalue weighted by molar-refractivity contribution is 0.624. The van der Waals surface area contributed by atoms with E-state index < -0.39 is 0 Å². The van der Waals surface area contributed by atoms with Crippen LogP contribution in [0, 0.1) is 0 Å². The number of pyridine rings is 1. The fourth-order valence-electron chi connectivity index (χ4n) is 2.29. The molecule has 1 atom stereocenters. The first-order valence-electron chi connectivity index (χ1n) is 6.61. The predicted molar refractivity (Wildman–Crippen MR) is 89.3 cm³/mol. The molecule has 0 aliphatic heterocycles. The molecule has 0 aliphatic carbocycles. The lowest BCUT2D eigenvalue weighted by Crippen LogP contribution is -2.22. The average molecular weight is 347 g/mol. The second kappa shape index (κ2) is 6.04. The van der Waals surface area contributed by atoms with Crippen molar-refractivity contribution in [2.75, 3.05) is 6.54 Å². The summed E-state index contributed by atoms with van der Waals surface area (Å²) in [6, 6.07) is 14.7. The second-order valence-electron chi connectivity index (χ2n) is 4.55. The first kappa shape index (κ1) is 13.7. The molecule has 0 aliphatic rings. The molecule has 2 nitrogen and oxygen atoms in total. The average Bonchev–Trinajstić information content (AvgIpc) is 2.90. The summed E-state index contributed by atoms with van der Waals surface area (Å²) in [5, 5.41) is 6.80. The van der Waals surface area contributed by atoms with Gasteiger partial charge in [-0.1, -0.05) is 31.2 Å². The predicted octanol–water partition coefficient (Wildman–Crippen LogP) is 4.76. The van der Waals surface area contributed by atoms with Gasteiger partial charge in [0, 0.05) is 14.7 Å². The molecule has 0 amide bonds. The Morgan fingerprint density at radius 1 is 1.20 bits per heavy atom. The zero-order valence-electron chi connectivity index (χ0n) is 11.1. The van der Waals surface area contributed by atoms with Gasteiger partial charge in [-0.3, -0.25) is 4.98 Å². The highest BCUT2D eigenvalue weighted by molar-refractivity contribution is 9.10. The van der Waals surface area contributed by atoms with Gasteiger partial charge in [-0.05, 0) is 46.1 Å². The van der Waals surface area contributed by atoms with Crippen molar-refractivity contribution in [3.63, 3.8) is 0 Å². The monoisotopic (exact) mass is 346 g/mol. The zero-order chi connectivity index (χ0) is 13.9. The van der Waals surface area contributed by atoms with Gasteiger partial charge in [-0.25, -0.2) is 0 Å². The number of nitrogens with zero attached hydrogens (tertiary/aromatic N) is 1. The molecule has 3 rings (SSSR count). The fraction of sp³-hybridized carbons (Fsp3) is 0.188. The van der Waals surface area contributed by atoms with Gasteiger partial charge >= 0.3 is 0 Å². The summed E-state index contributed by atoms with van der Waals surface area (Å²) in [7, 11) is 0. The van der Waals surface area contributed by atoms with Crippen LogP contribution in [0.5, 0.6) is 0 Å². The van der Waals surface area contributed by atoms with Gasteiger partial charge in [0.25, 0.3) is 0 Å². The third kappa shape index (κ3) is 2.64. The van der Waals surface area contributed by atoms with Gasteiger partial charge in [0.2, 0.25) is 0 Å². The summed E-state index contributed by atoms with van der Waals surface area (Å²) in [6.07, 6.45) is 0. The maximum absolute atomic E-state index is 4.81.